The van der Waals surface area contributed by atoms with Crippen LogP contribution in [0.5, 0.6) is 5.75 Å². The maximum atomic E-state index is 14.8. The van der Waals surface area contributed by atoms with Crippen LogP contribution in [-0.2, 0) is 0 Å². The number of hydrogen-bond acceptors (Lipinski definition) is 3. The van der Waals surface area contributed by atoms with Crippen molar-refractivity contribution in [2.75, 3.05) is 6.61 Å². The van der Waals surface area contributed by atoms with Gasteiger partial charge in [0, 0.05) is 16.3 Å². The molecule has 0 aliphatic heterocycles. The number of aliphatic hydroxyl groups excluding tert-OH is 1. The highest BCUT2D eigenvalue weighted by Crippen LogP contribution is 2.37. The molecule has 3 rings (SSSR count). The Morgan fingerprint density at radius 1 is 1.15 bits per heavy atom. The second kappa shape index (κ2) is 7.87. The molecule has 0 saturated carbocycles. The largest absolute Gasteiger partial charge is 0.490 e. The standard InChI is InChI=1S/C21H22F2O3/c1-3-5-7-16(24)15-9-8-13-14-10-11-17(25-12-6-4-2)19(23)21(14)26-20(13)18(15)22/h4,8-11,16,24H,2-3,5-7,12H2,1H3/t16-/m0/s1. The molecule has 26 heavy (non-hydrogen) atoms. The molecule has 0 spiro atoms. The molecular weight excluding hydrogens is 338 g/mol. The summed E-state index contributed by atoms with van der Waals surface area (Å²) in [7, 11) is 0. The first kappa shape index (κ1) is 18.4. The third kappa shape index (κ3) is 3.31. The minimum Gasteiger partial charge on any atom is -0.490 e. The van der Waals surface area contributed by atoms with Crippen molar-refractivity contribution >= 4 is 21.9 Å². The van der Waals surface area contributed by atoms with E-state index < -0.39 is 17.7 Å². The van der Waals surface area contributed by atoms with E-state index in [-0.39, 0.29) is 22.5 Å². The zero-order valence-electron chi connectivity index (χ0n) is 14.7. The molecule has 0 unspecified atom stereocenters. The second-order valence-electron chi connectivity index (χ2n) is 6.29. The van der Waals surface area contributed by atoms with Gasteiger partial charge in [0.2, 0.25) is 5.82 Å². The number of aliphatic hydroxyl groups is 1. The summed E-state index contributed by atoms with van der Waals surface area (Å²) in [6.07, 6.45) is 3.53. The zero-order valence-corrected chi connectivity index (χ0v) is 14.7. The fourth-order valence-corrected chi connectivity index (χ4v) is 3.01. The molecule has 3 aromatic rings. The van der Waals surface area contributed by atoms with Crippen LogP contribution >= 0.6 is 0 Å². The van der Waals surface area contributed by atoms with Crippen LogP contribution in [0.2, 0.25) is 0 Å². The van der Waals surface area contributed by atoms with E-state index in [4.69, 9.17) is 9.15 Å². The fourth-order valence-electron chi connectivity index (χ4n) is 3.01. The molecule has 2 aromatic carbocycles. The van der Waals surface area contributed by atoms with Crippen LogP contribution in [0.4, 0.5) is 8.78 Å². The monoisotopic (exact) mass is 360 g/mol. The molecule has 1 heterocycles. The molecule has 0 saturated heterocycles. The first-order valence-electron chi connectivity index (χ1n) is 8.83. The van der Waals surface area contributed by atoms with Gasteiger partial charge < -0.3 is 14.3 Å². The fraction of sp³-hybridized carbons (Fsp3) is 0.333. The Labute approximate surface area is 150 Å². The van der Waals surface area contributed by atoms with Crippen molar-refractivity contribution in [2.24, 2.45) is 0 Å². The SMILES string of the molecule is C=CCCOc1ccc2c(oc3c(F)c([C@@H](O)CCCC)ccc32)c1F. The van der Waals surface area contributed by atoms with Crippen LogP contribution in [0.1, 0.15) is 44.3 Å². The van der Waals surface area contributed by atoms with E-state index in [1.54, 1.807) is 24.3 Å². The zero-order chi connectivity index (χ0) is 18.7. The molecular formula is C21H22F2O3. The maximum absolute atomic E-state index is 14.8. The number of benzene rings is 2. The first-order chi connectivity index (χ1) is 12.6. The van der Waals surface area contributed by atoms with Crippen molar-refractivity contribution in [1.29, 1.82) is 0 Å². The number of rotatable bonds is 8. The molecule has 0 amide bonds. The van der Waals surface area contributed by atoms with Gasteiger partial charge in [-0.05, 0) is 31.0 Å². The summed E-state index contributed by atoms with van der Waals surface area (Å²) < 4.78 is 40.4. The number of halogens is 2. The average molecular weight is 360 g/mol. The molecule has 0 aliphatic carbocycles. The van der Waals surface area contributed by atoms with E-state index in [0.717, 1.165) is 12.8 Å². The summed E-state index contributed by atoms with van der Waals surface area (Å²) in [6.45, 7) is 5.89. The van der Waals surface area contributed by atoms with Gasteiger partial charge in [0.1, 0.15) is 0 Å². The average Bonchev–Trinajstić information content (AvgIpc) is 3.02. The summed E-state index contributed by atoms with van der Waals surface area (Å²) in [5.74, 6) is -1.24. The molecule has 5 heteroatoms. The Balaban J connectivity index is 2.05. The number of ether oxygens (including phenoxy) is 1. The third-order valence-electron chi connectivity index (χ3n) is 4.45. The van der Waals surface area contributed by atoms with Crippen molar-refractivity contribution in [1.82, 2.24) is 0 Å². The third-order valence-corrected chi connectivity index (χ3v) is 4.45. The van der Waals surface area contributed by atoms with E-state index in [1.165, 1.54) is 6.07 Å². The minimum atomic E-state index is -0.907. The van der Waals surface area contributed by atoms with Crippen LogP contribution in [-0.4, -0.2) is 11.7 Å². The van der Waals surface area contributed by atoms with Crippen molar-refractivity contribution in [3.05, 3.63) is 54.1 Å². The molecule has 0 bridgehead atoms. The van der Waals surface area contributed by atoms with E-state index in [0.29, 0.717) is 30.2 Å². The predicted molar refractivity (Wildman–Crippen MR) is 98.4 cm³/mol. The van der Waals surface area contributed by atoms with Gasteiger partial charge in [0.05, 0.1) is 12.7 Å². The molecule has 3 nitrogen and oxygen atoms in total. The van der Waals surface area contributed by atoms with Crippen LogP contribution < -0.4 is 4.74 Å². The highest BCUT2D eigenvalue weighted by molar-refractivity contribution is 6.05. The Kier molecular flexibility index (Phi) is 5.57. The predicted octanol–water partition coefficient (Wildman–Crippen LogP) is 6.04. The van der Waals surface area contributed by atoms with Crippen LogP contribution in [0, 0.1) is 11.6 Å². The smallest absolute Gasteiger partial charge is 0.208 e. The normalized spacial score (nSPS) is 12.6. The Morgan fingerprint density at radius 3 is 2.54 bits per heavy atom. The summed E-state index contributed by atoms with van der Waals surface area (Å²) in [5.41, 5.74) is 0.0817. The Morgan fingerprint density at radius 2 is 1.85 bits per heavy atom. The second-order valence-corrected chi connectivity index (χ2v) is 6.29. The number of furan rings is 1. The number of hydrogen-bond donors (Lipinski definition) is 1. The Hall–Kier alpha value is -2.40. The van der Waals surface area contributed by atoms with E-state index in [1.807, 2.05) is 6.92 Å². The highest BCUT2D eigenvalue weighted by Gasteiger charge is 2.21. The molecule has 0 radical (unpaired) electrons. The summed E-state index contributed by atoms with van der Waals surface area (Å²) in [4.78, 5) is 0. The molecule has 1 aromatic heterocycles. The summed E-state index contributed by atoms with van der Waals surface area (Å²) in [6, 6.07) is 6.36. The quantitative estimate of drug-likeness (QED) is 0.393. The maximum Gasteiger partial charge on any atom is 0.208 e. The topological polar surface area (TPSA) is 42.6 Å². The molecule has 1 atom stereocenters. The first-order valence-corrected chi connectivity index (χ1v) is 8.83. The van der Waals surface area contributed by atoms with Gasteiger partial charge >= 0.3 is 0 Å². The summed E-state index contributed by atoms with van der Waals surface area (Å²) >= 11 is 0. The summed E-state index contributed by atoms with van der Waals surface area (Å²) in [5, 5.41) is 11.1. The molecule has 138 valence electrons. The Bertz CT molecular complexity index is 930. The van der Waals surface area contributed by atoms with Crippen molar-refractivity contribution in [2.45, 2.75) is 38.7 Å². The van der Waals surface area contributed by atoms with Gasteiger partial charge in [-0.25, -0.2) is 4.39 Å². The van der Waals surface area contributed by atoms with Crippen LogP contribution in [0.15, 0.2) is 41.3 Å². The lowest BCUT2D eigenvalue weighted by molar-refractivity contribution is 0.160. The van der Waals surface area contributed by atoms with Gasteiger partial charge in [0.25, 0.3) is 0 Å². The van der Waals surface area contributed by atoms with E-state index >= 15 is 0 Å². The minimum absolute atomic E-state index is 0.0461. The van der Waals surface area contributed by atoms with Gasteiger partial charge in [-0.15, -0.1) is 6.58 Å². The highest BCUT2D eigenvalue weighted by atomic mass is 19.1. The van der Waals surface area contributed by atoms with Crippen LogP contribution in [0.3, 0.4) is 0 Å². The molecule has 0 aliphatic rings. The van der Waals surface area contributed by atoms with Gasteiger partial charge in [-0.3, -0.25) is 0 Å². The number of unbranched alkanes of at least 4 members (excludes halogenated alkanes) is 1. The van der Waals surface area contributed by atoms with Crippen molar-refractivity contribution < 1.29 is 23.0 Å². The molecule has 1 N–H and O–H groups in total. The number of fused-ring (bicyclic) bond motifs is 3. The lowest BCUT2D eigenvalue weighted by Gasteiger charge is -2.11. The molecule has 0 fully saturated rings. The van der Waals surface area contributed by atoms with Gasteiger partial charge in [0.15, 0.2) is 22.7 Å². The lowest BCUT2D eigenvalue weighted by atomic mass is 10.0. The van der Waals surface area contributed by atoms with Crippen molar-refractivity contribution in [3.63, 3.8) is 0 Å². The van der Waals surface area contributed by atoms with E-state index in [9.17, 15) is 13.9 Å². The van der Waals surface area contributed by atoms with Gasteiger partial charge in [-0.1, -0.05) is 31.9 Å². The lowest BCUT2D eigenvalue weighted by Crippen LogP contribution is -2.00. The van der Waals surface area contributed by atoms with Crippen LogP contribution in [0.25, 0.3) is 21.9 Å². The van der Waals surface area contributed by atoms with E-state index in [2.05, 4.69) is 6.58 Å². The van der Waals surface area contributed by atoms with Gasteiger partial charge in [-0.2, -0.15) is 4.39 Å². The van der Waals surface area contributed by atoms with Crippen molar-refractivity contribution in [3.8, 4) is 5.75 Å².